The van der Waals surface area contributed by atoms with Crippen LogP contribution in [0.2, 0.25) is 0 Å². The molecule has 0 N–H and O–H groups in total. The molecule has 0 radical (unpaired) electrons. The first-order valence-corrected chi connectivity index (χ1v) is 7.73. The van der Waals surface area contributed by atoms with E-state index in [4.69, 9.17) is 4.42 Å². The first-order valence-electron chi connectivity index (χ1n) is 7.73. The SMILES string of the molecule is FC(F)c1nnc(-c2ccc(Cn3nnnc3-c3ccccc3)cc2)o1. The number of aromatic nitrogens is 6. The third-order valence-electron chi connectivity index (χ3n) is 3.72. The lowest BCUT2D eigenvalue weighted by Gasteiger charge is -2.05. The summed E-state index contributed by atoms with van der Waals surface area (Å²) in [6.45, 7) is 0.462. The Morgan fingerprint density at radius 2 is 1.65 bits per heavy atom. The summed E-state index contributed by atoms with van der Waals surface area (Å²) in [4.78, 5) is 0. The van der Waals surface area contributed by atoms with Gasteiger partial charge in [-0.25, -0.2) is 4.68 Å². The molecular weight excluding hydrogens is 342 g/mol. The number of hydrogen-bond acceptors (Lipinski definition) is 6. The molecule has 9 heteroatoms. The molecule has 2 aromatic heterocycles. The zero-order valence-electron chi connectivity index (χ0n) is 13.3. The van der Waals surface area contributed by atoms with Gasteiger partial charge in [-0.15, -0.1) is 15.3 Å². The van der Waals surface area contributed by atoms with Crippen molar-refractivity contribution >= 4 is 0 Å². The standard InChI is InChI=1S/C17H12F2N6O/c18-14(19)17-22-21-16(26-17)13-8-6-11(7-9-13)10-25-15(20-23-24-25)12-4-2-1-3-5-12/h1-9,14H,10H2. The van der Waals surface area contributed by atoms with Crippen LogP contribution in [0.3, 0.4) is 0 Å². The van der Waals surface area contributed by atoms with Gasteiger partial charge in [0.25, 0.3) is 5.89 Å². The van der Waals surface area contributed by atoms with E-state index in [1.165, 1.54) is 0 Å². The second kappa shape index (κ2) is 6.79. The van der Waals surface area contributed by atoms with Gasteiger partial charge < -0.3 is 4.42 Å². The molecule has 26 heavy (non-hydrogen) atoms. The van der Waals surface area contributed by atoms with Gasteiger partial charge in [-0.05, 0) is 28.1 Å². The Labute approximate surface area is 146 Å². The van der Waals surface area contributed by atoms with Crippen molar-refractivity contribution in [1.29, 1.82) is 0 Å². The van der Waals surface area contributed by atoms with E-state index in [0.29, 0.717) is 17.9 Å². The molecule has 0 aliphatic carbocycles. The zero-order chi connectivity index (χ0) is 17.9. The largest absolute Gasteiger partial charge is 0.415 e. The molecule has 4 rings (SSSR count). The lowest BCUT2D eigenvalue weighted by Crippen LogP contribution is -2.04. The van der Waals surface area contributed by atoms with Crippen molar-refractivity contribution in [3.8, 4) is 22.8 Å². The highest BCUT2D eigenvalue weighted by molar-refractivity contribution is 5.55. The molecule has 4 aromatic rings. The fourth-order valence-corrected chi connectivity index (χ4v) is 2.47. The van der Waals surface area contributed by atoms with Crippen LogP contribution in [0, 0.1) is 0 Å². The zero-order valence-corrected chi connectivity index (χ0v) is 13.3. The van der Waals surface area contributed by atoms with Crippen molar-refractivity contribution in [3.05, 3.63) is 66.1 Å². The van der Waals surface area contributed by atoms with Gasteiger partial charge in [-0.3, -0.25) is 0 Å². The number of rotatable bonds is 5. The molecule has 130 valence electrons. The fraction of sp³-hybridized carbons (Fsp3) is 0.118. The highest BCUT2D eigenvalue weighted by Crippen LogP contribution is 2.24. The Hall–Kier alpha value is -3.49. The number of nitrogens with zero attached hydrogens (tertiary/aromatic N) is 6. The van der Waals surface area contributed by atoms with Gasteiger partial charge in [-0.2, -0.15) is 8.78 Å². The minimum atomic E-state index is -2.79. The molecule has 0 aliphatic heterocycles. The number of benzene rings is 2. The predicted octanol–water partition coefficient (Wildman–Crippen LogP) is 3.38. The highest BCUT2D eigenvalue weighted by atomic mass is 19.3. The van der Waals surface area contributed by atoms with Crippen molar-refractivity contribution in [2.24, 2.45) is 0 Å². The minimum absolute atomic E-state index is 0.0549. The molecule has 0 saturated carbocycles. The predicted molar refractivity (Wildman–Crippen MR) is 87.0 cm³/mol. The van der Waals surface area contributed by atoms with E-state index in [9.17, 15) is 8.78 Å². The van der Waals surface area contributed by atoms with Gasteiger partial charge in [0.15, 0.2) is 5.82 Å². The number of alkyl halides is 2. The molecule has 0 bridgehead atoms. The van der Waals surface area contributed by atoms with Crippen LogP contribution in [0.15, 0.2) is 59.0 Å². The Morgan fingerprint density at radius 3 is 2.35 bits per heavy atom. The van der Waals surface area contributed by atoms with E-state index in [1.54, 1.807) is 16.8 Å². The van der Waals surface area contributed by atoms with Gasteiger partial charge in [-0.1, -0.05) is 42.5 Å². The third-order valence-corrected chi connectivity index (χ3v) is 3.72. The summed E-state index contributed by atoms with van der Waals surface area (Å²) in [5.74, 6) is 0.0256. The maximum Gasteiger partial charge on any atom is 0.314 e. The van der Waals surface area contributed by atoms with Crippen LogP contribution in [0.1, 0.15) is 17.9 Å². The molecule has 0 saturated heterocycles. The summed E-state index contributed by atoms with van der Waals surface area (Å²) in [6, 6.07) is 16.7. The van der Waals surface area contributed by atoms with Crippen molar-refractivity contribution < 1.29 is 13.2 Å². The summed E-state index contributed by atoms with van der Waals surface area (Å²) in [5, 5.41) is 18.8. The van der Waals surface area contributed by atoms with Crippen molar-refractivity contribution in [1.82, 2.24) is 30.4 Å². The van der Waals surface area contributed by atoms with Crippen molar-refractivity contribution in [2.45, 2.75) is 13.0 Å². The molecule has 7 nitrogen and oxygen atoms in total. The molecule has 0 unspecified atom stereocenters. The first kappa shape index (κ1) is 16.0. The van der Waals surface area contributed by atoms with Crippen LogP contribution < -0.4 is 0 Å². The maximum absolute atomic E-state index is 12.5. The monoisotopic (exact) mass is 354 g/mol. The fourth-order valence-electron chi connectivity index (χ4n) is 2.47. The second-order valence-corrected chi connectivity index (χ2v) is 5.47. The van der Waals surface area contributed by atoms with E-state index >= 15 is 0 Å². The average Bonchev–Trinajstić information content (AvgIpc) is 3.33. The quantitative estimate of drug-likeness (QED) is 0.546. The summed E-state index contributed by atoms with van der Waals surface area (Å²) >= 11 is 0. The summed E-state index contributed by atoms with van der Waals surface area (Å²) in [7, 11) is 0. The van der Waals surface area contributed by atoms with Crippen LogP contribution >= 0.6 is 0 Å². The smallest absolute Gasteiger partial charge is 0.314 e. The minimum Gasteiger partial charge on any atom is -0.415 e. The van der Waals surface area contributed by atoms with Gasteiger partial charge >= 0.3 is 6.43 Å². The first-order chi connectivity index (χ1) is 12.7. The van der Waals surface area contributed by atoms with Gasteiger partial charge in [0.1, 0.15) is 0 Å². The Morgan fingerprint density at radius 1 is 0.885 bits per heavy atom. The molecule has 0 aliphatic rings. The highest BCUT2D eigenvalue weighted by Gasteiger charge is 2.17. The van der Waals surface area contributed by atoms with Crippen LogP contribution in [-0.2, 0) is 6.54 Å². The maximum atomic E-state index is 12.5. The topological polar surface area (TPSA) is 82.5 Å². The number of halogens is 2. The number of tetrazole rings is 1. The molecule has 0 atom stereocenters. The Balaban J connectivity index is 1.54. The van der Waals surface area contributed by atoms with Crippen LogP contribution in [0.25, 0.3) is 22.8 Å². The Kier molecular flexibility index (Phi) is 4.18. The second-order valence-electron chi connectivity index (χ2n) is 5.47. The summed E-state index contributed by atoms with van der Waals surface area (Å²) < 4.78 is 31.7. The van der Waals surface area contributed by atoms with Gasteiger partial charge in [0, 0.05) is 11.1 Å². The van der Waals surface area contributed by atoms with Crippen LogP contribution in [0.4, 0.5) is 8.78 Å². The van der Waals surface area contributed by atoms with Crippen molar-refractivity contribution in [2.75, 3.05) is 0 Å². The van der Waals surface area contributed by atoms with Crippen LogP contribution in [-0.4, -0.2) is 30.4 Å². The molecular formula is C17H12F2N6O. The van der Waals surface area contributed by atoms with Crippen molar-refractivity contribution in [3.63, 3.8) is 0 Å². The lowest BCUT2D eigenvalue weighted by molar-refractivity contribution is 0.116. The summed E-state index contributed by atoms with van der Waals surface area (Å²) in [6.07, 6.45) is -2.79. The third kappa shape index (κ3) is 3.18. The number of hydrogen-bond donors (Lipinski definition) is 0. The van der Waals surface area contributed by atoms with Gasteiger partial charge in [0.2, 0.25) is 5.89 Å². The van der Waals surface area contributed by atoms with E-state index in [0.717, 1.165) is 11.1 Å². The molecule has 2 heterocycles. The van der Waals surface area contributed by atoms with E-state index < -0.39 is 12.3 Å². The van der Waals surface area contributed by atoms with Gasteiger partial charge in [0.05, 0.1) is 6.54 Å². The van der Waals surface area contributed by atoms with E-state index in [1.807, 2.05) is 42.5 Å². The molecule has 0 amide bonds. The normalized spacial score (nSPS) is 11.2. The van der Waals surface area contributed by atoms with E-state index in [-0.39, 0.29) is 5.89 Å². The molecule has 0 spiro atoms. The Bertz CT molecular complexity index is 998. The van der Waals surface area contributed by atoms with E-state index in [2.05, 4.69) is 25.7 Å². The van der Waals surface area contributed by atoms with Crippen LogP contribution in [0.5, 0.6) is 0 Å². The molecule has 2 aromatic carbocycles. The average molecular weight is 354 g/mol. The summed E-state index contributed by atoms with van der Waals surface area (Å²) in [5.41, 5.74) is 2.42. The molecule has 0 fully saturated rings. The lowest BCUT2D eigenvalue weighted by atomic mass is 10.1.